The van der Waals surface area contributed by atoms with Crippen LogP contribution in [0.4, 0.5) is 14.5 Å². The normalized spacial score (nSPS) is 14.8. The molecule has 0 N–H and O–H groups in total. The van der Waals surface area contributed by atoms with Gasteiger partial charge < -0.3 is 18.1 Å². The first-order chi connectivity index (χ1) is 17.2. The van der Waals surface area contributed by atoms with Crippen LogP contribution in [0.15, 0.2) is 54.8 Å². The lowest BCUT2D eigenvalue weighted by atomic mass is 10.1. The highest BCUT2D eigenvalue weighted by molar-refractivity contribution is 5.88. The number of hydrogen-bond donors (Lipinski definition) is 0. The Bertz CT molecular complexity index is 1880. The molecule has 36 heavy (non-hydrogen) atoms. The first-order valence-electron chi connectivity index (χ1n) is 10.5. The maximum Gasteiger partial charge on any atom is 0.349 e. The predicted octanol–water partition coefficient (Wildman–Crippen LogP) is 3.96. The Hall–Kier alpha value is -4.94. The predicted molar refractivity (Wildman–Crippen MR) is 120 cm³/mol. The van der Waals surface area contributed by atoms with E-state index in [1.807, 2.05) is 0 Å². The molecule has 0 saturated carbocycles. The molecule has 3 aromatic heterocycles. The van der Waals surface area contributed by atoms with Crippen LogP contribution >= 0.6 is 0 Å². The Morgan fingerprint density at radius 1 is 1.08 bits per heavy atom. The molecule has 1 atom stereocenters. The Morgan fingerprint density at radius 3 is 2.64 bits per heavy atom. The molecular formula is C23H12F2N4O7. The van der Waals surface area contributed by atoms with E-state index < -0.39 is 39.4 Å². The second-order valence-electron chi connectivity index (χ2n) is 8.16. The van der Waals surface area contributed by atoms with E-state index in [9.17, 15) is 28.5 Å². The highest BCUT2D eigenvalue weighted by Crippen LogP contribution is 2.38. The zero-order valence-electron chi connectivity index (χ0n) is 18.2. The lowest BCUT2D eigenvalue weighted by Crippen LogP contribution is -2.25. The van der Waals surface area contributed by atoms with Crippen molar-refractivity contribution in [2.75, 3.05) is 6.61 Å². The number of hydrogen-bond acceptors (Lipinski definition) is 9. The van der Waals surface area contributed by atoms with Gasteiger partial charge in [-0.1, -0.05) is 0 Å². The van der Waals surface area contributed by atoms with E-state index in [0.717, 1.165) is 12.1 Å². The van der Waals surface area contributed by atoms with Gasteiger partial charge in [-0.3, -0.25) is 14.9 Å². The van der Waals surface area contributed by atoms with Crippen LogP contribution in [-0.4, -0.2) is 26.3 Å². The lowest BCUT2D eigenvalue weighted by Gasteiger charge is -2.28. The number of rotatable bonds is 3. The highest BCUT2D eigenvalue weighted by Gasteiger charge is 2.30. The smallest absolute Gasteiger partial charge is 0.349 e. The summed E-state index contributed by atoms with van der Waals surface area (Å²) in [6, 6.07) is 6.56. The van der Waals surface area contributed by atoms with Gasteiger partial charge in [0, 0.05) is 23.6 Å². The van der Waals surface area contributed by atoms with Crippen molar-refractivity contribution in [3.8, 4) is 28.8 Å². The average Bonchev–Trinajstić information content (AvgIpc) is 3.33. The molecule has 11 nitrogen and oxygen atoms in total. The van der Waals surface area contributed by atoms with Gasteiger partial charge >= 0.3 is 5.63 Å². The highest BCUT2D eigenvalue weighted by atomic mass is 19.2. The third-order valence-electron chi connectivity index (χ3n) is 5.89. The minimum Gasteiger partial charge on any atom is -0.486 e. The number of nitro groups is 1. The van der Waals surface area contributed by atoms with E-state index in [0.29, 0.717) is 0 Å². The van der Waals surface area contributed by atoms with E-state index in [2.05, 4.69) is 10.2 Å². The Balaban J connectivity index is 1.55. The molecule has 6 rings (SSSR count). The summed E-state index contributed by atoms with van der Waals surface area (Å²) in [5.41, 5.74) is -1.57. The fourth-order valence-electron chi connectivity index (χ4n) is 4.25. The number of aromatic nitrogens is 3. The molecule has 1 aliphatic rings. The summed E-state index contributed by atoms with van der Waals surface area (Å²) in [6.45, 7) is 1.71. The number of halogens is 2. The third-order valence-corrected chi connectivity index (χ3v) is 5.89. The van der Waals surface area contributed by atoms with Crippen LogP contribution in [0.25, 0.3) is 44.9 Å². The second kappa shape index (κ2) is 7.53. The largest absolute Gasteiger partial charge is 0.486 e. The van der Waals surface area contributed by atoms with Crippen molar-refractivity contribution in [2.45, 2.75) is 13.0 Å². The van der Waals surface area contributed by atoms with E-state index in [1.54, 1.807) is 6.92 Å². The van der Waals surface area contributed by atoms with Crippen molar-refractivity contribution in [2.24, 2.45) is 0 Å². The van der Waals surface area contributed by atoms with Gasteiger partial charge in [0.05, 0.1) is 21.9 Å². The summed E-state index contributed by atoms with van der Waals surface area (Å²) in [6.07, 6.45) is 0. The fraction of sp³-hybridized carbons (Fsp3) is 0.130. The van der Waals surface area contributed by atoms with Crippen molar-refractivity contribution < 1.29 is 27.3 Å². The molecule has 0 bridgehead atoms. The zero-order chi connectivity index (χ0) is 25.3. The number of pyridine rings is 1. The molecule has 4 heterocycles. The number of non-ortho nitro benzene ring substituents is 1. The van der Waals surface area contributed by atoms with Gasteiger partial charge in [0.25, 0.3) is 17.5 Å². The van der Waals surface area contributed by atoms with Gasteiger partial charge in [-0.2, -0.15) is 4.39 Å². The second-order valence-corrected chi connectivity index (χ2v) is 8.16. The molecule has 0 fully saturated rings. The quantitative estimate of drug-likeness (QED) is 0.207. The summed E-state index contributed by atoms with van der Waals surface area (Å²) in [5.74, 6) is -3.29. The van der Waals surface area contributed by atoms with Crippen LogP contribution in [0.3, 0.4) is 0 Å². The number of fused-ring (bicyclic) bond motifs is 1. The average molecular weight is 494 g/mol. The van der Waals surface area contributed by atoms with Crippen molar-refractivity contribution in [1.29, 1.82) is 0 Å². The van der Waals surface area contributed by atoms with E-state index >= 15 is 0 Å². The summed E-state index contributed by atoms with van der Waals surface area (Å²) < 4.78 is 46.3. The minimum absolute atomic E-state index is 0.0214. The van der Waals surface area contributed by atoms with Crippen molar-refractivity contribution in [3.63, 3.8) is 0 Å². The summed E-state index contributed by atoms with van der Waals surface area (Å²) in [7, 11) is 0. The van der Waals surface area contributed by atoms with Gasteiger partial charge in [-0.25, -0.2) is 9.18 Å². The maximum absolute atomic E-state index is 14.5. The number of nitro benzene ring substituents is 1. The zero-order valence-corrected chi connectivity index (χ0v) is 18.2. The number of nitrogens with zero attached hydrogens (tertiary/aromatic N) is 4. The van der Waals surface area contributed by atoms with E-state index in [-0.39, 0.29) is 57.2 Å². The number of ether oxygens (including phenoxy) is 1. The summed E-state index contributed by atoms with van der Waals surface area (Å²) in [5, 5.41) is 19.1. The van der Waals surface area contributed by atoms with Crippen LogP contribution in [0.1, 0.15) is 13.0 Å². The molecule has 0 radical (unpaired) electrons. The third kappa shape index (κ3) is 3.09. The molecule has 0 amide bonds. The summed E-state index contributed by atoms with van der Waals surface area (Å²) in [4.78, 5) is 35.8. The van der Waals surface area contributed by atoms with E-state index in [4.69, 9.17) is 13.6 Å². The monoisotopic (exact) mass is 494 g/mol. The molecule has 5 aromatic rings. The van der Waals surface area contributed by atoms with E-state index in [1.165, 1.54) is 28.8 Å². The lowest BCUT2D eigenvalue weighted by molar-refractivity contribution is -0.384. The Labute approximate surface area is 197 Å². The molecule has 13 heteroatoms. The van der Waals surface area contributed by atoms with Crippen molar-refractivity contribution >= 4 is 27.6 Å². The molecule has 2 aromatic carbocycles. The first-order valence-corrected chi connectivity index (χ1v) is 10.5. The van der Waals surface area contributed by atoms with Crippen LogP contribution in [0, 0.1) is 21.7 Å². The van der Waals surface area contributed by atoms with Gasteiger partial charge in [-0.05, 0) is 25.1 Å². The van der Waals surface area contributed by atoms with Crippen molar-refractivity contribution in [1.82, 2.24) is 14.8 Å². The van der Waals surface area contributed by atoms with Gasteiger partial charge in [0.15, 0.2) is 17.0 Å². The van der Waals surface area contributed by atoms with Gasteiger partial charge in [0.2, 0.25) is 5.82 Å². The summed E-state index contributed by atoms with van der Waals surface area (Å²) >= 11 is 0. The fourth-order valence-corrected chi connectivity index (χ4v) is 4.25. The van der Waals surface area contributed by atoms with Crippen LogP contribution in [0.2, 0.25) is 0 Å². The van der Waals surface area contributed by atoms with Crippen LogP contribution in [-0.2, 0) is 0 Å². The molecule has 1 aliphatic heterocycles. The molecule has 1 unspecified atom stereocenters. The molecule has 0 spiro atoms. The van der Waals surface area contributed by atoms with Crippen LogP contribution in [0.5, 0.6) is 5.75 Å². The van der Waals surface area contributed by atoms with Crippen molar-refractivity contribution in [3.05, 3.63) is 78.8 Å². The first kappa shape index (κ1) is 21.6. The molecule has 0 saturated heterocycles. The number of benzene rings is 2. The van der Waals surface area contributed by atoms with Gasteiger partial charge in [0.1, 0.15) is 23.4 Å². The topological polar surface area (TPSA) is 144 Å². The molecule has 0 aliphatic carbocycles. The van der Waals surface area contributed by atoms with Gasteiger partial charge in [-0.15, -0.1) is 10.2 Å². The standard InChI is InChI=1S/C23H12F2N4O7/c1-9-8-34-20-18(25)14(24)6-12-16(30)7-15(28(9)19(12)20)22-27-26-21(36-22)13-5-10-4-11(29(32)33)2-3-17(10)35-23(13)31/h2-7,9H,8H2,1H3. The van der Waals surface area contributed by atoms with Crippen LogP contribution < -0.4 is 15.8 Å². The molecule has 180 valence electrons. The minimum atomic E-state index is -1.23. The Morgan fingerprint density at radius 2 is 1.86 bits per heavy atom. The Kier molecular flexibility index (Phi) is 4.51. The molecular weight excluding hydrogens is 482 g/mol. The SMILES string of the molecule is CC1COc2c(F)c(F)cc3c(=O)cc(-c4nnc(-c5cc6cc([N+](=O)[O-])ccc6oc5=O)o4)n1c23. The maximum atomic E-state index is 14.5.